The molecule has 18 heavy (non-hydrogen) atoms. The molecule has 0 aliphatic carbocycles. The van der Waals surface area contributed by atoms with E-state index in [4.69, 9.17) is 12.2 Å². The number of H-pyrrole nitrogens is 1. The Morgan fingerprint density at radius 3 is 2.78 bits per heavy atom. The molecule has 0 aliphatic rings. The van der Waals surface area contributed by atoms with Crippen molar-refractivity contribution in [2.75, 3.05) is 0 Å². The molecule has 0 saturated carbocycles. The summed E-state index contributed by atoms with van der Waals surface area (Å²) in [6, 6.07) is 4.90. The fourth-order valence-electron chi connectivity index (χ4n) is 1.68. The van der Waals surface area contributed by atoms with Crippen LogP contribution in [0.1, 0.15) is 18.2 Å². The Bertz CT molecular complexity index is 652. The molecule has 1 aromatic carbocycles. The molecule has 0 fully saturated rings. The third-order valence-electron chi connectivity index (χ3n) is 2.72. The zero-order chi connectivity index (χ0) is 13.3. The summed E-state index contributed by atoms with van der Waals surface area (Å²) in [4.78, 5) is 7.53. The minimum atomic E-state index is -0.217. The largest absolute Gasteiger partial charge is 0.342 e. The molecule has 2 aromatic rings. The quantitative estimate of drug-likeness (QED) is 0.818. The van der Waals surface area contributed by atoms with E-state index in [1.807, 2.05) is 6.92 Å². The van der Waals surface area contributed by atoms with Crippen molar-refractivity contribution in [1.29, 1.82) is 0 Å². The second-order valence-electron chi connectivity index (χ2n) is 4.00. The molecule has 5 heteroatoms. The number of aryl methyl sites for hydroxylation is 2. The van der Waals surface area contributed by atoms with Crippen LogP contribution in [0.3, 0.4) is 0 Å². The van der Waals surface area contributed by atoms with Crippen LogP contribution in [-0.4, -0.2) is 9.97 Å². The van der Waals surface area contributed by atoms with E-state index in [0.717, 1.165) is 22.2 Å². The number of aromatic nitrogens is 2. The van der Waals surface area contributed by atoms with Crippen molar-refractivity contribution in [2.45, 2.75) is 20.3 Å². The maximum absolute atomic E-state index is 13.2. The van der Waals surface area contributed by atoms with Crippen LogP contribution in [0.5, 0.6) is 0 Å². The van der Waals surface area contributed by atoms with Gasteiger partial charge in [0, 0.05) is 11.3 Å². The third-order valence-corrected chi connectivity index (χ3v) is 4.13. The molecule has 0 atom stereocenters. The van der Waals surface area contributed by atoms with Gasteiger partial charge in [-0.05, 0) is 53.0 Å². The molecule has 1 N–H and O–H groups in total. The monoisotopic (exact) mass is 326 g/mol. The topological polar surface area (TPSA) is 28.7 Å². The average Bonchev–Trinajstić information content (AvgIpc) is 2.36. The summed E-state index contributed by atoms with van der Waals surface area (Å²) >= 11 is 8.62. The van der Waals surface area contributed by atoms with E-state index < -0.39 is 0 Å². The van der Waals surface area contributed by atoms with Gasteiger partial charge in [-0.3, -0.25) is 0 Å². The van der Waals surface area contributed by atoms with Crippen LogP contribution in [0.25, 0.3) is 11.4 Å². The standard InChI is InChI=1S/C13H12BrFN2S/c1-3-10-11(14)13(18)17-12(16-10)8-4-5-9(15)7(2)6-8/h4-6H,3H2,1-2H3,(H,16,17,18). The first-order valence-electron chi connectivity index (χ1n) is 5.58. The van der Waals surface area contributed by atoms with Gasteiger partial charge in [0.05, 0.1) is 4.47 Å². The van der Waals surface area contributed by atoms with Crippen LogP contribution in [0.4, 0.5) is 4.39 Å². The first-order valence-corrected chi connectivity index (χ1v) is 6.78. The molecule has 2 nitrogen and oxygen atoms in total. The van der Waals surface area contributed by atoms with Gasteiger partial charge < -0.3 is 4.98 Å². The van der Waals surface area contributed by atoms with Crippen molar-refractivity contribution in [3.05, 3.63) is 44.4 Å². The van der Waals surface area contributed by atoms with Gasteiger partial charge in [-0.1, -0.05) is 19.1 Å². The van der Waals surface area contributed by atoms with Gasteiger partial charge in [0.1, 0.15) is 16.3 Å². The summed E-state index contributed by atoms with van der Waals surface area (Å²) in [6.07, 6.45) is 0.819. The van der Waals surface area contributed by atoms with Gasteiger partial charge in [-0.15, -0.1) is 0 Å². The van der Waals surface area contributed by atoms with Gasteiger partial charge in [0.15, 0.2) is 0 Å². The van der Waals surface area contributed by atoms with Crippen LogP contribution < -0.4 is 0 Å². The second kappa shape index (κ2) is 5.28. The molecule has 0 aliphatic heterocycles. The highest BCUT2D eigenvalue weighted by atomic mass is 79.9. The summed E-state index contributed by atoms with van der Waals surface area (Å²) in [6.45, 7) is 3.76. The van der Waals surface area contributed by atoms with E-state index in [9.17, 15) is 4.39 Å². The Hall–Kier alpha value is -1.07. The first-order chi connectivity index (χ1) is 8.52. The summed E-state index contributed by atoms with van der Waals surface area (Å²) in [7, 11) is 0. The number of nitrogens with one attached hydrogen (secondary N) is 1. The Balaban J connectivity index is 2.60. The highest BCUT2D eigenvalue weighted by Gasteiger charge is 2.08. The van der Waals surface area contributed by atoms with Crippen LogP contribution in [0.15, 0.2) is 22.7 Å². The van der Waals surface area contributed by atoms with Crippen molar-refractivity contribution in [3.8, 4) is 11.4 Å². The molecule has 0 amide bonds. The zero-order valence-electron chi connectivity index (χ0n) is 10.1. The van der Waals surface area contributed by atoms with Crippen molar-refractivity contribution >= 4 is 28.1 Å². The minimum absolute atomic E-state index is 0.217. The predicted octanol–water partition coefficient (Wildman–Crippen LogP) is 4.58. The number of benzene rings is 1. The number of halogens is 2. The van der Waals surface area contributed by atoms with Crippen LogP contribution in [0.2, 0.25) is 0 Å². The molecule has 0 saturated heterocycles. The SMILES string of the molecule is CCc1[nH]c(-c2ccc(F)c(C)c2)nc(=S)c1Br. The van der Waals surface area contributed by atoms with Crippen LogP contribution in [-0.2, 0) is 6.42 Å². The Morgan fingerprint density at radius 1 is 1.44 bits per heavy atom. The molecule has 94 valence electrons. The third kappa shape index (κ3) is 2.52. The first kappa shape index (κ1) is 13.4. The number of aromatic amines is 1. The van der Waals surface area contributed by atoms with Crippen molar-refractivity contribution in [1.82, 2.24) is 9.97 Å². The highest BCUT2D eigenvalue weighted by Crippen LogP contribution is 2.23. The van der Waals surface area contributed by atoms with E-state index in [2.05, 4.69) is 25.9 Å². The minimum Gasteiger partial charge on any atom is -0.342 e. The van der Waals surface area contributed by atoms with E-state index >= 15 is 0 Å². The Labute approximate surface area is 118 Å². The smallest absolute Gasteiger partial charge is 0.144 e. The molecule has 0 spiro atoms. The van der Waals surface area contributed by atoms with Gasteiger partial charge >= 0.3 is 0 Å². The lowest BCUT2D eigenvalue weighted by atomic mass is 10.1. The summed E-state index contributed by atoms with van der Waals surface area (Å²) in [5, 5.41) is 0. The van der Waals surface area contributed by atoms with E-state index in [1.54, 1.807) is 19.1 Å². The van der Waals surface area contributed by atoms with E-state index in [0.29, 0.717) is 16.0 Å². The Morgan fingerprint density at radius 2 is 2.17 bits per heavy atom. The maximum Gasteiger partial charge on any atom is 0.144 e. The maximum atomic E-state index is 13.2. The van der Waals surface area contributed by atoms with Crippen LogP contribution in [0, 0.1) is 17.4 Å². The lowest BCUT2D eigenvalue weighted by Gasteiger charge is -2.08. The van der Waals surface area contributed by atoms with E-state index in [1.165, 1.54) is 6.07 Å². The number of hydrogen-bond acceptors (Lipinski definition) is 2. The Kier molecular flexibility index (Phi) is 3.92. The highest BCUT2D eigenvalue weighted by molar-refractivity contribution is 9.10. The number of nitrogens with zero attached hydrogens (tertiary/aromatic N) is 1. The molecule has 1 aromatic heterocycles. The molecule has 0 bridgehead atoms. The predicted molar refractivity (Wildman–Crippen MR) is 76.6 cm³/mol. The second-order valence-corrected chi connectivity index (χ2v) is 5.18. The number of rotatable bonds is 2. The zero-order valence-corrected chi connectivity index (χ0v) is 12.5. The molecular formula is C13H12BrFN2S. The summed E-state index contributed by atoms with van der Waals surface area (Å²) < 4.78 is 14.6. The lowest BCUT2D eigenvalue weighted by Crippen LogP contribution is -1.98. The molecule has 0 unspecified atom stereocenters. The fraction of sp³-hybridized carbons (Fsp3) is 0.231. The normalized spacial score (nSPS) is 10.7. The summed E-state index contributed by atoms with van der Waals surface area (Å²) in [5.74, 6) is 0.452. The van der Waals surface area contributed by atoms with Gasteiger partial charge in [0.2, 0.25) is 0 Å². The molecular weight excluding hydrogens is 315 g/mol. The average molecular weight is 327 g/mol. The van der Waals surface area contributed by atoms with Crippen molar-refractivity contribution in [2.24, 2.45) is 0 Å². The van der Waals surface area contributed by atoms with Gasteiger partial charge in [-0.25, -0.2) is 9.37 Å². The van der Waals surface area contributed by atoms with Crippen molar-refractivity contribution < 1.29 is 4.39 Å². The summed E-state index contributed by atoms with van der Waals surface area (Å²) in [5.41, 5.74) is 2.42. The number of hydrogen-bond donors (Lipinski definition) is 1. The molecule has 1 heterocycles. The van der Waals surface area contributed by atoms with Gasteiger partial charge in [-0.2, -0.15) is 0 Å². The molecule has 0 radical (unpaired) electrons. The van der Waals surface area contributed by atoms with Crippen LogP contribution >= 0.6 is 28.1 Å². The fourth-order valence-corrected chi connectivity index (χ4v) is 2.36. The lowest BCUT2D eigenvalue weighted by molar-refractivity contribution is 0.618. The molecule has 2 rings (SSSR count). The van der Waals surface area contributed by atoms with E-state index in [-0.39, 0.29) is 5.82 Å². The van der Waals surface area contributed by atoms with Crippen molar-refractivity contribution in [3.63, 3.8) is 0 Å². The van der Waals surface area contributed by atoms with Gasteiger partial charge in [0.25, 0.3) is 0 Å².